The number of rotatable bonds is 9. The van der Waals surface area contributed by atoms with Crippen molar-refractivity contribution in [1.29, 1.82) is 0 Å². The van der Waals surface area contributed by atoms with Crippen molar-refractivity contribution in [2.75, 3.05) is 21.3 Å². The predicted octanol–water partition coefficient (Wildman–Crippen LogP) is 16.0. The molecule has 0 aliphatic heterocycles. The molecule has 0 aliphatic rings. The quantitative estimate of drug-likeness (QED) is 0.145. The third-order valence-corrected chi connectivity index (χ3v) is 13.9. The Balaban J connectivity index is 1.08. The van der Waals surface area contributed by atoms with E-state index in [2.05, 4.69) is 232 Å². The van der Waals surface area contributed by atoms with Crippen LogP contribution in [0.5, 0.6) is 17.2 Å². The van der Waals surface area contributed by atoms with E-state index in [1.54, 1.807) is 21.3 Å². The average molecular weight is 892 g/mol. The van der Waals surface area contributed by atoms with E-state index in [0.29, 0.717) is 0 Å². The molecular weight excluding hydrogens is 847 g/mol. The Morgan fingerprint density at radius 3 is 0.681 bits per heavy atom. The van der Waals surface area contributed by atoms with Crippen molar-refractivity contribution in [2.45, 2.75) is 0 Å². The fourth-order valence-corrected chi connectivity index (χ4v) is 10.9. The zero-order chi connectivity index (χ0) is 46.2. The number of fused-ring (bicyclic) bond motifs is 9. The molecular formula is C63H45N3O3. The second-order valence-electron chi connectivity index (χ2n) is 17.6. The molecule has 6 heteroatoms. The zero-order valence-electron chi connectivity index (χ0n) is 38.4. The summed E-state index contributed by atoms with van der Waals surface area (Å²) in [6.07, 6.45) is 0. The molecule has 0 atom stereocenters. The van der Waals surface area contributed by atoms with E-state index in [1.807, 2.05) is 0 Å². The molecule has 0 amide bonds. The first-order chi connectivity index (χ1) is 34.1. The topological polar surface area (TPSA) is 42.5 Å². The van der Waals surface area contributed by atoms with Crippen molar-refractivity contribution in [3.63, 3.8) is 0 Å². The Labute approximate surface area is 399 Å². The maximum atomic E-state index is 6.26. The summed E-state index contributed by atoms with van der Waals surface area (Å²) in [7, 11) is 5.25. The number of aromatic nitrogens is 3. The average Bonchev–Trinajstić information content (AvgIpc) is 4.06. The van der Waals surface area contributed by atoms with Gasteiger partial charge in [0.15, 0.2) is 0 Å². The highest BCUT2D eigenvalue weighted by molar-refractivity contribution is 6.11. The highest BCUT2D eigenvalue weighted by Crippen LogP contribution is 2.45. The van der Waals surface area contributed by atoms with Crippen LogP contribution < -0.4 is 14.2 Å². The first-order valence-corrected chi connectivity index (χ1v) is 23.3. The summed E-state index contributed by atoms with van der Waals surface area (Å²) in [4.78, 5) is 0. The van der Waals surface area contributed by atoms with Crippen LogP contribution in [0.2, 0.25) is 0 Å². The molecule has 0 spiro atoms. The molecule has 0 unspecified atom stereocenters. The lowest BCUT2D eigenvalue weighted by molar-refractivity contribution is 0.416. The van der Waals surface area contributed by atoms with Gasteiger partial charge < -0.3 is 27.9 Å². The van der Waals surface area contributed by atoms with Gasteiger partial charge in [0.25, 0.3) is 0 Å². The van der Waals surface area contributed by atoms with Crippen LogP contribution in [0.25, 0.3) is 116 Å². The van der Waals surface area contributed by atoms with Crippen molar-refractivity contribution in [3.8, 4) is 67.7 Å². The lowest BCUT2D eigenvalue weighted by Crippen LogP contribution is -1.99. The molecule has 13 aromatic rings. The SMILES string of the molecule is COc1ccc(-n2c3ccccc3c3ccccc32)cc1-c1cc(-c2cc(-n3c4ccccc4c4ccccc43)ccc2OC)cc(-c2cc(-n3c4ccccc4c4ccccc43)ccc2OC)c1. The molecule has 10 aromatic carbocycles. The van der Waals surface area contributed by atoms with Crippen molar-refractivity contribution < 1.29 is 14.2 Å². The second-order valence-corrected chi connectivity index (χ2v) is 17.6. The molecule has 13 rings (SSSR count). The van der Waals surface area contributed by atoms with Crippen LogP contribution in [0.15, 0.2) is 218 Å². The van der Waals surface area contributed by atoms with Gasteiger partial charge in [-0.25, -0.2) is 0 Å². The van der Waals surface area contributed by atoms with E-state index in [-0.39, 0.29) is 0 Å². The molecule has 69 heavy (non-hydrogen) atoms. The van der Waals surface area contributed by atoms with Gasteiger partial charge in [-0.3, -0.25) is 0 Å². The number of hydrogen-bond donors (Lipinski definition) is 0. The smallest absolute Gasteiger partial charge is 0.126 e. The molecule has 0 bridgehead atoms. The minimum Gasteiger partial charge on any atom is -0.496 e. The van der Waals surface area contributed by atoms with Crippen LogP contribution in [-0.2, 0) is 0 Å². The maximum absolute atomic E-state index is 6.26. The Hall–Kier alpha value is -9.00. The molecule has 0 radical (unpaired) electrons. The van der Waals surface area contributed by atoms with Crippen LogP contribution in [0.4, 0.5) is 0 Å². The molecule has 0 saturated carbocycles. The van der Waals surface area contributed by atoms with E-state index >= 15 is 0 Å². The van der Waals surface area contributed by atoms with Gasteiger partial charge in [0.1, 0.15) is 17.2 Å². The Morgan fingerprint density at radius 1 is 0.246 bits per heavy atom. The fraction of sp³-hybridized carbons (Fsp3) is 0.0476. The van der Waals surface area contributed by atoms with Crippen molar-refractivity contribution in [2.24, 2.45) is 0 Å². The van der Waals surface area contributed by atoms with Crippen LogP contribution in [-0.4, -0.2) is 35.0 Å². The van der Waals surface area contributed by atoms with Crippen molar-refractivity contribution in [1.82, 2.24) is 13.7 Å². The molecule has 3 aromatic heterocycles. The number of ether oxygens (including phenoxy) is 3. The summed E-state index contributed by atoms with van der Waals surface area (Å²) in [5.74, 6) is 2.29. The molecule has 0 N–H and O–H groups in total. The van der Waals surface area contributed by atoms with Gasteiger partial charge in [0.2, 0.25) is 0 Å². The van der Waals surface area contributed by atoms with Crippen LogP contribution in [0, 0.1) is 0 Å². The normalized spacial score (nSPS) is 11.7. The monoisotopic (exact) mass is 891 g/mol. The van der Waals surface area contributed by atoms with Gasteiger partial charge in [0.05, 0.1) is 54.4 Å². The largest absolute Gasteiger partial charge is 0.496 e. The zero-order valence-corrected chi connectivity index (χ0v) is 38.4. The Morgan fingerprint density at radius 2 is 0.464 bits per heavy atom. The number of benzene rings is 10. The second kappa shape index (κ2) is 16.1. The number of hydrogen-bond acceptors (Lipinski definition) is 3. The molecule has 330 valence electrons. The van der Waals surface area contributed by atoms with E-state index in [0.717, 1.165) is 101 Å². The van der Waals surface area contributed by atoms with Crippen LogP contribution >= 0.6 is 0 Å². The minimum absolute atomic E-state index is 0.764. The van der Waals surface area contributed by atoms with Gasteiger partial charge in [-0.15, -0.1) is 0 Å². The van der Waals surface area contributed by atoms with Crippen LogP contribution in [0.1, 0.15) is 0 Å². The van der Waals surface area contributed by atoms with Gasteiger partial charge >= 0.3 is 0 Å². The molecule has 0 fully saturated rings. The summed E-state index contributed by atoms with van der Waals surface area (Å²) in [6.45, 7) is 0. The molecule has 6 nitrogen and oxygen atoms in total. The summed E-state index contributed by atoms with van der Waals surface area (Å²) < 4.78 is 25.9. The van der Waals surface area contributed by atoms with Crippen molar-refractivity contribution >= 4 is 65.4 Å². The van der Waals surface area contributed by atoms with E-state index in [4.69, 9.17) is 14.2 Å². The van der Waals surface area contributed by atoms with Gasteiger partial charge in [-0.2, -0.15) is 0 Å². The first kappa shape index (κ1) is 40.3. The first-order valence-electron chi connectivity index (χ1n) is 23.3. The Kier molecular flexibility index (Phi) is 9.41. The van der Waals surface area contributed by atoms with Crippen LogP contribution in [0.3, 0.4) is 0 Å². The summed E-state index contributed by atoms with van der Waals surface area (Å²) in [5.41, 5.74) is 15.8. The predicted molar refractivity (Wildman–Crippen MR) is 285 cm³/mol. The van der Waals surface area contributed by atoms with E-state index in [1.165, 1.54) is 32.3 Å². The minimum atomic E-state index is 0.764. The highest BCUT2D eigenvalue weighted by Gasteiger charge is 2.21. The lowest BCUT2D eigenvalue weighted by atomic mass is 9.91. The third kappa shape index (κ3) is 6.33. The molecule has 3 heterocycles. The van der Waals surface area contributed by atoms with E-state index in [9.17, 15) is 0 Å². The lowest BCUT2D eigenvalue weighted by Gasteiger charge is -2.19. The third-order valence-electron chi connectivity index (χ3n) is 13.9. The highest BCUT2D eigenvalue weighted by atomic mass is 16.5. The molecule has 0 aliphatic carbocycles. The summed E-state index contributed by atoms with van der Waals surface area (Å²) in [5, 5.41) is 7.25. The number of methoxy groups -OCH3 is 3. The number of para-hydroxylation sites is 6. The molecule has 0 saturated heterocycles. The Bertz CT molecular complexity index is 3570. The van der Waals surface area contributed by atoms with Gasteiger partial charge in [0, 0.05) is 66.1 Å². The fourth-order valence-electron chi connectivity index (χ4n) is 10.9. The summed E-state index contributed by atoms with van der Waals surface area (Å²) in [6, 6.07) is 78.1. The van der Waals surface area contributed by atoms with Gasteiger partial charge in [-0.1, -0.05) is 109 Å². The maximum Gasteiger partial charge on any atom is 0.126 e. The summed E-state index contributed by atoms with van der Waals surface area (Å²) >= 11 is 0. The van der Waals surface area contributed by atoms with Crippen molar-refractivity contribution in [3.05, 3.63) is 218 Å². The standard InChI is InChI=1S/C63H45N3O3/c1-67-61-31-28-43(64-55-22-10-4-16-46(55)47-17-5-11-23-56(47)64)37-52(61)40-34-41(53-38-44(29-32-62(53)68-2)65-57-24-12-6-18-48(57)49-19-7-13-25-58(49)65)36-42(35-40)54-39-45(30-33-63(54)69-3)66-59-26-14-8-20-50(59)51-21-9-15-27-60(51)66/h4-39H,1-3H3. The van der Waals surface area contributed by atoms with Gasteiger partial charge in [-0.05, 0) is 126 Å². The van der Waals surface area contributed by atoms with E-state index < -0.39 is 0 Å². The number of nitrogens with zero attached hydrogens (tertiary/aromatic N) is 3.